The number of rotatable bonds is 6. The first-order valence-electron chi connectivity index (χ1n) is 7.81. The lowest BCUT2D eigenvalue weighted by molar-refractivity contribution is 0.0685. The smallest absolute Gasteiger partial charge is 0.0469 e. The maximum absolute atomic E-state index is 5.46. The molecule has 112 valence electrons. The van der Waals surface area contributed by atoms with Crippen molar-refractivity contribution in [2.75, 3.05) is 38.8 Å². The Kier molecular flexibility index (Phi) is 5.86. The van der Waals surface area contributed by atoms with Crippen molar-refractivity contribution < 1.29 is 4.74 Å². The van der Waals surface area contributed by atoms with Gasteiger partial charge >= 0.3 is 0 Å². The third-order valence-electron chi connectivity index (χ3n) is 4.35. The highest BCUT2D eigenvalue weighted by atomic mass is 16.5. The molecule has 1 aliphatic heterocycles. The number of ether oxygens (including phenoxy) is 1. The zero-order chi connectivity index (χ0) is 14.4. The van der Waals surface area contributed by atoms with Crippen LogP contribution >= 0.6 is 0 Å². The summed E-state index contributed by atoms with van der Waals surface area (Å²) in [5.41, 5.74) is 2.77. The topological polar surface area (TPSA) is 24.5 Å². The number of hydrogen-bond acceptors (Lipinski definition) is 3. The quantitative estimate of drug-likeness (QED) is 0.863. The van der Waals surface area contributed by atoms with Crippen molar-refractivity contribution in [1.29, 1.82) is 0 Å². The van der Waals surface area contributed by atoms with E-state index >= 15 is 0 Å². The van der Waals surface area contributed by atoms with Crippen LogP contribution in [-0.2, 0) is 4.74 Å². The Bertz CT molecular complexity index is 398. The van der Waals surface area contributed by atoms with E-state index in [9.17, 15) is 0 Å². The van der Waals surface area contributed by atoms with Gasteiger partial charge in [-0.3, -0.25) is 0 Å². The van der Waals surface area contributed by atoms with Crippen LogP contribution in [0.5, 0.6) is 0 Å². The second kappa shape index (κ2) is 7.65. The Morgan fingerprint density at radius 1 is 1.30 bits per heavy atom. The van der Waals surface area contributed by atoms with Crippen molar-refractivity contribution >= 4 is 5.69 Å². The van der Waals surface area contributed by atoms with Crippen LogP contribution in [0.1, 0.15) is 37.8 Å². The molecule has 1 saturated heterocycles. The molecule has 0 spiro atoms. The average molecular weight is 276 g/mol. The molecule has 1 aromatic rings. The van der Waals surface area contributed by atoms with Crippen molar-refractivity contribution in [3.05, 3.63) is 29.8 Å². The summed E-state index contributed by atoms with van der Waals surface area (Å²) in [6.07, 6.45) is 3.49. The summed E-state index contributed by atoms with van der Waals surface area (Å²) < 4.78 is 5.46. The van der Waals surface area contributed by atoms with Gasteiger partial charge in [-0.1, -0.05) is 25.1 Å². The average Bonchev–Trinajstić information content (AvgIpc) is 2.50. The molecule has 2 rings (SSSR count). The fourth-order valence-corrected chi connectivity index (χ4v) is 3.12. The molecule has 0 bridgehead atoms. The van der Waals surface area contributed by atoms with Gasteiger partial charge in [-0.15, -0.1) is 0 Å². The highest BCUT2D eigenvalue weighted by Crippen LogP contribution is 2.28. The molecule has 3 nitrogen and oxygen atoms in total. The van der Waals surface area contributed by atoms with Gasteiger partial charge in [0.1, 0.15) is 0 Å². The fraction of sp³-hybridized carbons (Fsp3) is 0.647. The molecule has 1 fully saturated rings. The lowest BCUT2D eigenvalue weighted by Crippen LogP contribution is -2.31. The predicted octanol–water partition coefficient (Wildman–Crippen LogP) is 3.22. The van der Waals surface area contributed by atoms with Gasteiger partial charge < -0.3 is 15.0 Å². The lowest BCUT2D eigenvalue weighted by atomic mass is 9.98. The number of nitrogens with zero attached hydrogens (tertiary/aromatic N) is 1. The van der Waals surface area contributed by atoms with Crippen LogP contribution in [0.3, 0.4) is 0 Å². The summed E-state index contributed by atoms with van der Waals surface area (Å²) in [5.74, 6) is 0.761. The molecule has 0 saturated carbocycles. The second-order valence-electron chi connectivity index (χ2n) is 5.74. The second-order valence-corrected chi connectivity index (χ2v) is 5.74. The van der Waals surface area contributed by atoms with E-state index in [1.165, 1.54) is 24.1 Å². The van der Waals surface area contributed by atoms with E-state index < -0.39 is 0 Å². The molecule has 1 N–H and O–H groups in total. The van der Waals surface area contributed by atoms with Crippen LogP contribution in [-0.4, -0.2) is 33.9 Å². The molecule has 3 heteroatoms. The number of hydrogen-bond donors (Lipinski definition) is 1. The van der Waals surface area contributed by atoms with E-state index in [1.54, 1.807) is 0 Å². The van der Waals surface area contributed by atoms with Gasteiger partial charge in [0.15, 0.2) is 0 Å². The third-order valence-corrected chi connectivity index (χ3v) is 4.35. The van der Waals surface area contributed by atoms with Crippen LogP contribution in [0.2, 0.25) is 0 Å². The van der Waals surface area contributed by atoms with Gasteiger partial charge in [0.25, 0.3) is 0 Å². The van der Waals surface area contributed by atoms with Crippen LogP contribution in [0.15, 0.2) is 24.3 Å². The summed E-state index contributed by atoms with van der Waals surface area (Å²) in [4.78, 5) is 2.42. The molecule has 1 atom stereocenters. The summed E-state index contributed by atoms with van der Waals surface area (Å²) >= 11 is 0. The standard InChI is InChI=1S/C17H28N2O/c1-4-16(18-2)15-7-5-6-8-17(15)19(3)13-14-9-11-20-12-10-14/h5-8,14,16,18H,4,9-13H2,1-3H3. The minimum absolute atomic E-state index is 0.434. The number of anilines is 1. The Balaban J connectivity index is 2.10. The number of benzene rings is 1. The first-order valence-corrected chi connectivity index (χ1v) is 7.81. The minimum Gasteiger partial charge on any atom is -0.381 e. The zero-order valence-corrected chi connectivity index (χ0v) is 13.1. The van der Waals surface area contributed by atoms with Crippen molar-refractivity contribution in [1.82, 2.24) is 5.32 Å². The van der Waals surface area contributed by atoms with Gasteiger partial charge in [-0.05, 0) is 43.9 Å². The van der Waals surface area contributed by atoms with E-state index in [2.05, 4.69) is 48.5 Å². The largest absolute Gasteiger partial charge is 0.381 e. The Morgan fingerprint density at radius 2 is 2.00 bits per heavy atom. The summed E-state index contributed by atoms with van der Waals surface area (Å²) in [6, 6.07) is 9.21. The molecule has 0 amide bonds. The molecular formula is C17H28N2O. The lowest BCUT2D eigenvalue weighted by Gasteiger charge is -2.31. The van der Waals surface area contributed by atoms with Crippen LogP contribution in [0.25, 0.3) is 0 Å². The van der Waals surface area contributed by atoms with Gasteiger partial charge in [-0.2, -0.15) is 0 Å². The Hall–Kier alpha value is -1.06. The van der Waals surface area contributed by atoms with Crippen LogP contribution < -0.4 is 10.2 Å². The van der Waals surface area contributed by atoms with Crippen LogP contribution in [0, 0.1) is 5.92 Å². The maximum Gasteiger partial charge on any atom is 0.0469 e. The molecule has 1 aromatic carbocycles. The Labute approximate surface area is 123 Å². The first kappa shape index (κ1) is 15.3. The monoisotopic (exact) mass is 276 g/mol. The van der Waals surface area contributed by atoms with Gasteiger partial charge in [0, 0.05) is 38.5 Å². The molecule has 1 aliphatic rings. The molecule has 0 radical (unpaired) electrons. The molecule has 0 aliphatic carbocycles. The zero-order valence-electron chi connectivity index (χ0n) is 13.1. The summed E-state index contributed by atoms with van der Waals surface area (Å²) in [6.45, 7) is 5.21. The molecule has 20 heavy (non-hydrogen) atoms. The third kappa shape index (κ3) is 3.74. The van der Waals surface area contributed by atoms with Crippen molar-refractivity contribution in [2.24, 2.45) is 5.92 Å². The maximum atomic E-state index is 5.46. The van der Waals surface area contributed by atoms with Gasteiger partial charge in [0.05, 0.1) is 0 Å². The van der Waals surface area contributed by atoms with Gasteiger partial charge in [0.2, 0.25) is 0 Å². The fourth-order valence-electron chi connectivity index (χ4n) is 3.12. The van der Waals surface area contributed by atoms with Crippen molar-refractivity contribution in [3.63, 3.8) is 0 Å². The van der Waals surface area contributed by atoms with Crippen molar-refractivity contribution in [2.45, 2.75) is 32.2 Å². The van der Waals surface area contributed by atoms with Crippen LogP contribution in [0.4, 0.5) is 5.69 Å². The predicted molar refractivity (Wildman–Crippen MR) is 85.3 cm³/mol. The highest BCUT2D eigenvalue weighted by molar-refractivity contribution is 5.54. The van der Waals surface area contributed by atoms with E-state index in [-0.39, 0.29) is 0 Å². The van der Waals surface area contributed by atoms with E-state index in [0.29, 0.717) is 6.04 Å². The van der Waals surface area contributed by atoms with E-state index in [1.807, 2.05) is 7.05 Å². The SMILES string of the molecule is CCC(NC)c1ccccc1N(C)CC1CCOCC1. The van der Waals surface area contributed by atoms with E-state index in [4.69, 9.17) is 4.74 Å². The van der Waals surface area contributed by atoms with Crippen molar-refractivity contribution in [3.8, 4) is 0 Å². The van der Waals surface area contributed by atoms with E-state index in [0.717, 1.165) is 32.1 Å². The highest BCUT2D eigenvalue weighted by Gasteiger charge is 2.19. The molecular weight excluding hydrogens is 248 g/mol. The summed E-state index contributed by atoms with van der Waals surface area (Å²) in [7, 11) is 4.26. The van der Waals surface area contributed by atoms with Gasteiger partial charge in [-0.25, -0.2) is 0 Å². The Morgan fingerprint density at radius 3 is 2.65 bits per heavy atom. The normalized spacial score (nSPS) is 17.9. The molecule has 0 aromatic heterocycles. The first-order chi connectivity index (χ1) is 9.76. The molecule has 1 unspecified atom stereocenters. The number of nitrogens with one attached hydrogen (secondary N) is 1. The minimum atomic E-state index is 0.434. The molecule has 1 heterocycles. The number of para-hydroxylation sites is 1. The summed E-state index contributed by atoms with van der Waals surface area (Å²) in [5, 5.41) is 3.42.